The van der Waals surface area contributed by atoms with Gasteiger partial charge in [0.15, 0.2) is 0 Å². The summed E-state index contributed by atoms with van der Waals surface area (Å²) in [5.41, 5.74) is 13.8. The average Bonchev–Trinajstić information content (AvgIpc) is 3.90. The third kappa shape index (κ3) is 5.32. The van der Waals surface area contributed by atoms with Crippen molar-refractivity contribution in [3.63, 3.8) is 0 Å². The van der Waals surface area contributed by atoms with Crippen molar-refractivity contribution in [2.45, 2.75) is 6.92 Å². The first-order valence-corrected chi connectivity index (χ1v) is 21.7. The summed E-state index contributed by atoms with van der Waals surface area (Å²) >= 11 is 1.87. The Balaban J connectivity index is 1.16. The lowest BCUT2D eigenvalue weighted by atomic mass is 9.83. The van der Waals surface area contributed by atoms with Crippen LogP contribution in [0.1, 0.15) is 11.1 Å². The third-order valence-corrected chi connectivity index (χ3v) is 13.8. The van der Waals surface area contributed by atoms with Crippen LogP contribution in [0.3, 0.4) is 0 Å². The van der Waals surface area contributed by atoms with Crippen LogP contribution in [0.4, 0.5) is 0 Å². The van der Waals surface area contributed by atoms with Gasteiger partial charge in [0.1, 0.15) is 11.2 Å². The molecule has 12 aromatic rings. The largest absolute Gasteiger partial charge is 0.455 e. The Morgan fingerprint density at radius 3 is 1.57 bits per heavy atom. The molecule has 12 rings (SSSR count). The molecule has 10 aromatic carbocycles. The quantitative estimate of drug-likeness (QED) is 0.121. The van der Waals surface area contributed by atoms with Crippen molar-refractivity contribution < 1.29 is 4.42 Å². The molecule has 2 aromatic heterocycles. The number of hydrogen-bond donors (Lipinski definition) is 0. The number of thiophene rings is 1. The maximum absolute atomic E-state index is 7.10. The van der Waals surface area contributed by atoms with Crippen molar-refractivity contribution in [3.05, 3.63) is 212 Å². The van der Waals surface area contributed by atoms with Gasteiger partial charge in [0.05, 0.1) is 0 Å². The van der Waals surface area contributed by atoms with E-state index in [1.807, 2.05) is 23.5 Å². The highest BCUT2D eigenvalue weighted by molar-refractivity contribution is 7.26. The smallest absolute Gasteiger partial charge is 0.143 e. The highest BCUT2D eigenvalue weighted by Crippen LogP contribution is 2.51. The summed E-state index contributed by atoms with van der Waals surface area (Å²) in [6, 6.07) is 66.4. The first kappa shape index (κ1) is 35.4. The van der Waals surface area contributed by atoms with E-state index in [1.54, 1.807) is 0 Å². The standard InChI is InChI=1S/C59H38OS/c1-3-4-21-38-36(2)53(39-22-8-9-23-40(39)54(38)37-19-6-5-7-20-37)48-31-16-32-49-57-46(29-17-33-50(57)60-59(48)49)55-41-24-10-12-26-43(41)56(44-27-13-11-25-42(44)55)47-30-18-35-52-58(47)45-28-14-15-34-51(45)61-52/h3-35H,1H2,2H3/b21-4-. The first-order chi connectivity index (χ1) is 30.2. The van der Waals surface area contributed by atoms with Gasteiger partial charge in [-0.15, -0.1) is 11.3 Å². The molecule has 61 heavy (non-hydrogen) atoms. The van der Waals surface area contributed by atoms with Crippen LogP contribution in [-0.4, -0.2) is 0 Å². The van der Waals surface area contributed by atoms with E-state index in [1.165, 1.54) is 103 Å². The molecule has 286 valence electrons. The van der Waals surface area contributed by atoms with Crippen molar-refractivity contribution in [3.8, 4) is 44.5 Å². The Morgan fingerprint density at radius 1 is 0.426 bits per heavy atom. The third-order valence-electron chi connectivity index (χ3n) is 12.6. The molecule has 0 N–H and O–H groups in total. The summed E-state index contributed by atoms with van der Waals surface area (Å²) in [6.45, 7) is 6.28. The highest BCUT2D eigenvalue weighted by atomic mass is 32.1. The summed E-state index contributed by atoms with van der Waals surface area (Å²) < 4.78 is 9.73. The minimum Gasteiger partial charge on any atom is -0.455 e. The Morgan fingerprint density at radius 2 is 0.918 bits per heavy atom. The molecule has 0 spiro atoms. The number of hydrogen-bond acceptors (Lipinski definition) is 2. The van der Waals surface area contributed by atoms with Crippen LogP contribution >= 0.6 is 11.3 Å². The van der Waals surface area contributed by atoms with Crippen molar-refractivity contribution >= 4 is 91.8 Å². The molecule has 0 aliphatic rings. The van der Waals surface area contributed by atoms with Crippen molar-refractivity contribution in [1.29, 1.82) is 0 Å². The predicted octanol–water partition coefficient (Wildman–Crippen LogP) is 17.6. The van der Waals surface area contributed by atoms with Gasteiger partial charge in [-0.25, -0.2) is 0 Å². The highest BCUT2D eigenvalue weighted by Gasteiger charge is 2.25. The molecule has 0 amide bonds. The van der Waals surface area contributed by atoms with Crippen LogP contribution in [0.5, 0.6) is 0 Å². The van der Waals surface area contributed by atoms with E-state index in [9.17, 15) is 0 Å². The molecule has 0 fully saturated rings. The average molecular weight is 795 g/mol. The Kier molecular flexibility index (Phi) is 8.16. The molecule has 0 aliphatic heterocycles. The normalized spacial score (nSPS) is 12.0. The molecule has 2 heterocycles. The molecule has 1 nitrogen and oxygen atoms in total. The monoisotopic (exact) mass is 794 g/mol. The van der Waals surface area contributed by atoms with Crippen LogP contribution in [0, 0.1) is 6.92 Å². The van der Waals surface area contributed by atoms with Crippen molar-refractivity contribution in [2.24, 2.45) is 0 Å². The molecule has 0 aliphatic carbocycles. The van der Waals surface area contributed by atoms with Crippen LogP contribution in [-0.2, 0) is 0 Å². The lowest BCUT2D eigenvalue weighted by Gasteiger charge is -2.20. The molecule has 0 bridgehead atoms. The topological polar surface area (TPSA) is 13.1 Å². The molecule has 0 saturated heterocycles. The van der Waals surface area contributed by atoms with Crippen molar-refractivity contribution in [1.82, 2.24) is 0 Å². The summed E-state index contributed by atoms with van der Waals surface area (Å²) in [5.74, 6) is 0. The number of para-hydroxylation sites is 1. The van der Waals surface area contributed by atoms with Gasteiger partial charge in [0.2, 0.25) is 0 Å². The van der Waals surface area contributed by atoms with Crippen LogP contribution in [0.15, 0.2) is 205 Å². The second-order valence-corrected chi connectivity index (χ2v) is 17.0. The number of benzene rings is 10. The van der Waals surface area contributed by atoms with Crippen LogP contribution < -0.4 is 0 Å². The van der Waals surface area contributed by atoms with Crippen LogP contribution in [0.2, 0.25) is 0 Å². The summed E-state index contributed by atoms with van der Waals surface area (Å²) in [4.78, 5) is 0. The van der Waals surface area contributed by atoms with E-state index in [2.05, 4.69) is 202 Å². The maximum atomic E-state index is 7.10. The van der Waals surface area contributed by atoms with Gasteiger partial charge >= 0.3 is 0 Å². The van der Waals surface area contributed by atoms with E-state index < -0.39 is 0 Å². The van der Waals surface area contributed by atoms with E-state index in [0.717, 1.165) is 27.5 Å². The van der Waals surface area contributed by atoms with Gasteiger partial charge in [-0.2, -0.15) is 0 Å². The molecular formula is C59H38OS. The minimum atomic E-state index is 0.876. The Hall–Kier alpha value is -7.52. The fraction of sp³-hybridized carbons (Fsp3) is 0.0169. The first-order valence-electron chi connectivity index (χ1n) is 20.9. The van der Waals surface area contributed by atoms with Gasteiger partial charge in [-0.3, -0.25) is 0 Å². The lowest BCUT2D eigenvalue weighted by Crippen LogP contribution is -1.96. The number of furan rings is 1. The lowest BCUT2D eigenvalue weighted by molar-refractivity contribution is 0.670. The molecule has 0 atom stereocenters. The van der Waals surface area contributed by atoms with E-state index >= 15 is 0 Å². The van der Waals surface area contributed by atoms with Gasteiger partial charge < -0.3 is 4.42 Å². The van der Waals surface area contributed by atoms with E-state index in [0.29, 0.717) is 0 Å². The maximum Gasteiger partial charge on any atom is 0.143 e. The fourth-order valence-corrected chi connectivity index (χ4v) is 11.3. The van der Waals surface area contributed by atoms with Crippen molar-refractivity contribution in [2.75, 3.05) is 0 Å². The second kappa shape index (κ2) is 14.1. The molecule has 2 heteroatoms. The second-order valence-electron chi connectivity index (χ2n) is 15.9. The zero-order valence-corrected chi connectivity index (χ0v) is 34.4. The molecule has 0 radical (unpaired) electrons. The molecular weight excluding hydrogens is 757 g/mol. The number of rotatable bonds is 6. The van der Waals surface area contributed by atoms with Gasteiger partial charge in [-0.05, 0) is 108 Å². The minimum absolute atomic E-state index is 0.876. The zero-order valence-electron chi connectivity index (χ0n) is 33.6. The van der Waals surface area contributed by atoms with Gasteiger partial charge in [-0.1, -0.05) is 189 Å². The summed E-state index contributed by atoms with van der Waals surface area (Å²) in [5, 5.41) is 12.2. The Labute approximate surface area is 357 Å². The molecule has 0 unspecified atom stereocenters. The van der Waals surface area contributed by atoms with Gasteiger partial charge in [0, 0.05) is 36.5 Å². The summed E-state index contributed by atoms with van der Waals surface area (Å²) in [6.07, 6.45) is 6.11. The van der Waals surface area contributed by atoms with E-state index in [-0.39, 0.29) is 0 Å². The predicted molar refractivity (Wildman–Crippen MR) is 265 cm³/mol. The van der Waals surface area contributed by atoms with E-state index in [4.69, 9.17) is 4.42 Å². The number of allylic oxidation sites excluding steroid dienone is 2. The van der Waals surface area contributed by atoms with Crippen LogP contribution in [0.25, 0.3) is 125 Å². The number of fused-ring (bicyclic) bond motifs is 9. The molecule has 0 saturated carbocycles. The Bertz CT molecular complexity index is 3730. The van der Waals surface area contributed by atoms with Gasteiger partial charge in [0.25, 0.3) is 0 Å². The zero-order chi connectivity index (χ0) is 40.6. The fourth-order valence-electron chi connectivity index (χ4n) is 10.2. The summed E-state index contributed by atoms with van der Waals surface area (Å²) in [7, 11) is 0. The SMILES string of the molecule is C=C/C=C\c1c(C)c(-c2cccc3c2oc2cccc(-c4c5ccccc5c(-c5cccc6sc7ccccc7c56)c5ccccc45)c23)c2ccccc2c1-c1ccccc1.